The van der Waals surface area contributed by atoms with Crippen LogP contribution in [0.2, 0.25) is 5.15 Å². The van der Waals surface area contributed by atoms with Crippen LogP contribution in [0, 0.1) is 0 Å². The fraction of sp³-hybridized carbons (Fsp3) is 0.455. The van der Waals surface area contributed by atoms with E-state index in [1.165, 1.54) is 6.07 Å². The maximum Gasteiger partial charge on any atom is 0.251 e. The third-order valence-corrected chi connectivity index (χ3v) is 3.87. The van der Waals surface area contributed by atoms with Gasteiger partial charge in [-0.3, -0.25) is 4.79 Å². The maximum absolute atomic E-state index is 12.0. The highest BCUT2D eigenvalue weighted by atomic mass is 35.5. The Hall–Kier alpha value is -0.980. The smallest absolute Gasteiger partial charge is 0.251 e. The molecule has 0 fully saturated rings. The summed E-state index contributed by atoms with van der Waals surface area (Å²) in [5.41, 5.74) is 2.80. The normalized spacial score (nSPS) is 11.2. The number of halogens is 1. The second-order valence-corrected chi connectivity index (χ2v) is 6.26. The summed E-state index contributed by atoms with van der Waals surface area (Å²) in [6.45, 7) is 4.69. The van der Waals surface area contributed by atoms with Gasteiger partial charge in [-0.1, -0.05) is 11.6 Å². The largest absolute Gasteiger partial charge is 0.351 e. The van der Waals surface area contributed by atoms with Crippen molar-refractivity contribution in [2.75, 3.05) is 18.2 Å². The molecular formula is C11H17ClN4OS. The summed E-state index contributed by atoms with van der Waals surface area (Å²) in [5.74, 6) is 5.41. The fourth-order valence-corrected chi connectivity index (χ4v) is 1.59. The van der Waals surface area contributed by atoms with Crippen molar-refractivity contribution >= 4 is 35.1 Å². The summed E-state index contributed by atoms with van der Waals surface area (Å²) in [5, 5.41) is 3.08. The zero-order chi connectivity index (χ0) is 13.8. The molecule has 1 heterocycles. The van der Waals surface area contributed by atoms with Crippen molar-refractivity contribution in [1.29, 1.82) is 0 Å². The number of hydrogen-bond donors (Lipinski definition) is 3. The van der Waals surface area contributed by atoms with Gasteiger partial charge < -0.3 is 10.7 Å². The molecule has 0 atom stereocenters. The van der Waals surface area contributed by atoms with E-state index in [9.17, 15) is 4.79 Å². The molecule has 0 saturated carbocycles. The van der Waals surface area contributed by atoms with Crippen LogP contribution >= 0.6 is 23.4 Å². The molecule has 0 aliphatic heterocycles. The molecule has 1 rings (SSSR count). The minimum absolute atomic E-state index is 0.0125. The Bertz CT molecular complexity index is 439. The fourth-order valence-electron chi connectivity index (χ4n) is 1.17. The minimum atomic E-state index is -0.196. The van der Waals surface area contributed by atoms with Crippen LogP contribution in [-0.4, -0.2) is 28.4 Å². The summed E-state index contributed by atoms with van der Waals surface area (Å²) in [6.07, 6.45) is 2.01. The summed E-state index contributed by atoms with van der Waals surface area (Å²) in [7, 11) is 0. The minimum Gasteiger partial charge on any atom is -0.351 e. The molecule has 4 N–H and O–H groups in total. The number of carbonyl (C=O) groups is 1. The lowest BCUT2D eigenvalue weighted by Gasteiger charge is -2.22. The summed E-state index contributed by atoms with van der Waals surface area (Å²) >= 11 is 7.49. The molecule has 1 amide bonds. The van der Waals surface area contributed by atoms with E-state index in [4.69, 9.17) is 17.4 Å². The summed E-state index contributed by atoms with van der Waals surface area (Å²) in [6, 6.07) is 3.05. The lowest BCUT2D eigenvalue weighted by atomic mass is 10.2. The molecule has 0 bridgehead atoms. The van der Waals surface area contributed by atoms with Crippen LogP contribution in [0.5, 0.6) is 0 Å². The second kappa shape index (κ2) is 6.26. The number of anilines is 1. The lowest BCUT2D eigenvalue weighted by molar-refractivity contribution is 0.0950. The quantitative estimate of drug-likeness (QED) is 0.438. The number of nitrogens with one attached hydrogen (secondary N) is 2. The first-order valence-electron chi connectivity index (χ1n) is 5.35. The second-order valence-electron chi connectivity index (χ2n) is 4.35. The Morgan fingerprint density at radius 1 is 1.56 bits per heavy atom. The number of hydrogen-bond acceptors (Lipinski definition) is 5. The Morgan fingerprint density at radius 3 is 2.78 bits per heavy atom. The molecule has 0 radical (unpaired) electrons. The van der Waals surface area contributed by atoms with E-state index < -0.39 is 0 Å². The number of hydrazine groups is 1. The van der Waals surface area contributed by atoms with Gasteiger partial charge in [-0.05, 0) is 32.2 Å². The SMILES string of the molecule is CSC(C)(C)CNC(=O)c1cc(Cl)nc(NN)c1. The van der Waals surface area contributed by atoms with Crippen molar-refractivity contribution in [1.82, 2.24) is 10.3 Å². The van der Waals surface area contributed by atoms with E-state index in [0.29, 0.717) is 17.9 Å². The van der Waals surface area contributed by atoms with Crippen LogP contribution in [-0.2, 0) is 0 Å². The van der Waals surface area contributed by atoms with Crippen LogP contribution in [0.1, 0.15) is 24.2 Å². The molecule has 1 aromatic rings. The zero-order valence-electron chi connectivity index (χ0n) is 10.6. The van der Waals surface area contributed by atoms with Gasteiger partial charge in [0.2, 0.25) is 0 Å². The Kier molecular flexibility index (Phi) is 5.25. The average Bonchev–Trinajstić information content (AvgIpc) is 2.35. The van der Waals surface area contributed by atoms with Gasteiger partial charge in [0, 0.05) is 16.9 Å². The van der Waals surface area contributed by atoms with Crippen LogP contribution in [0.25, 0.3) is 0 Å². The molecule has 1 aromatic heterocycles. The van der Waals surface area contributed by atoms with Crippen LogP contribution in [0.4, 0.5) is 5.82 Å². The van der Waals surface area contributed by atoms with Gasteiger partial charge in [0.25, 0.3) is 5.91 Å². The van der Waals surface area contributed by atoms with Gasteiger partial charge in [-0.2, -0.15) is 11.8 Å². The van der Waals surface area contributed by atoms with Gasteiger partial charge in [-0.25, -0.2) is 10.8 Å². The molecule has 0 aliphatic rings. The number of carbonyl (C=O) groups excluding carboxylic acids is 1. The highest BCUT2D eigenvalue weighted by Gasteiger charge is 2.18. The van der Waals surface area contributed by atoms with E-state index in [2.05, 4.69) is 29.6 Å². The molecule has 0 saturated heterocycles. The predicted molar refractivity (Wildman–Crippen MR) is 77.0 cm³/mol. The molecule has 18 heavy (non-hydrogen) atoms. The number of nitrogen functional groups attached to an aromatic ring is 1. The first-order chi connectivity index (χ1) is 8.38. The molecule has 5 nitrogen and oxygen atoms in total. The zero-order valence-corrected chi connectivity index (χ0v) is 12.2. The number of thioether (sulfide) groups is 1. The van der Waals surface area contributed by atoms with E-state index in [1.807, 2.05) is 6.26 Å². The highest BCUT2D eigenvalue weighted by molar-refractivity contribution is 7.99. The van der Waals surface area contributed by atoms with Gasteiger partial charge >= 0.3 is 0 Å². The van der Waals surface area contributed by atoms with Crippen molar-refractivity contribution in [2.45, 2.75) is 18.6 Å². The monoisotopic (exact) mass is 288 g/mol. The van der Waals surface area contributed by atoms with Gasteiger partial charge in [-0.15, -0.1) is 0 Å². The summed E-state index contributed by atoms with van der Waals surface area (Å²) in [4.78, 5) is 15.9. The van der Waals surface area contributed by atoms with Crippen molar-refractivity contribution in [2.24, 2.45) is 5.84 Å². The van der Waals surface area contributed by atoms with Gasteiger partial charge in [0.05, 0.1) is 0 Å². The predicted octanol–water partition coefficient (Wildman–Crippen LogP) is 1.89. The van der Waals surface area contributed by atoms with E-state index in [0.717, 1.165) is 0 Å². The number of nitrogens with two attached hydrogens (primary N) is 1. The topological polar surface area (TPSA) is 80.0 Å². The first kappa shape index (κ1) is 15.1. The lowest BCUT2D eigenvalue weighted by Crippen LogP contribution is -2.36. The molecule has 7 heteroatoms. The maximum atomic E-state index is 12.0. The highest BCUT2D eigenvalue weighted by Crippen LogP contribution is 2.20. The number of amides is 1. The van der Waals surface area contributed by atoms with Crippen molar-refractivity contribution in [3.8, 4) is 0 Å². The van der Waals surface area contributed by atoms with Crippen LogP contribution < -0.4 is 16.6 Å². The first-order valence-corrected chi connectivity index (χ1v) is 6.96. The standard InChI is InChI=1S/C11H17ClN4OS/c1-11(2,18-3)6-14-10(17)7-4-8(12)15-9(5-7)16-13/h4-5H,6,13H2,1-3H3,(H,14,17)(H,15,16). The Labute approximate surface area is 116 Å². The van der Waals surface area contributed by atoms with Crippen molar-refractivity contribution < 1.29 is 4.79 Å². The molecule has 100 valence electrons. The van der Waals surface area contributed by atoms with E-state index >= 15 is 0 Å². The third-order valence-electron chi connectivity index (χ3n) is 2.43. The van der Waals surface area contributed by atoms with E-state index in [-0.39, 0.29) is 15.8 Å². The summed E-state index contributed by atoms with van der Waals surface area (Å²) < 4.78 is -0.0125. The molecule has 0 aromatic carbocycles. The molecule has 0 aliphatic carbocycles. The Morgan fingerprint density at radius 2 is 2.22 bits per heavy atom. The number of nitrogens with zero attached hydrogens (tertiary/aromatic N) is 1. The average molecular weight is 289 g/mol. The Balaban J connectivity index is 2.75. The number of pyridine rings is 1. The van der Waals surface area contributed by atoms with Gasteiger partial charge in [0.1, 0.15) is 11.0 Å². The number of aromatic nitrogens is 1. The van der Waals surface area contributed by atoms with Crippen LogP contribution in [0.3, 0.4) is 0 Å². The molecule has 0 unspecified atom stereocenters. The van der Waals surface area contributed by atoms with Crippen molar-refractivity contribution in [3.63, 3.8) is 0 Å². The van der Waals surface area contributed by atoms with Crippen molar-refractivity contribution in [3.05, 3.63) is 22.8 Å². The van der Waals surface area contributed by atoms with E-state index in [1.54, 1.807) is 17.8 Å². The third kappa shape index (κ3) is 4.36. The molecule has 0 spiro atoms. The van der Waals surface area contributed by atoms with Crippen LogP contribution in [0.15, 0.2) is 12.1 Å². The van der Waals surface area contributed by atoms with Gasteiger partial charge in [0.15, 0.2) is 0 Å². The number of rotatable bonds is 5. The molecular weight excluding hydrogens is 272 g/mol.